The molecular weight excluding hydrogens is 216 g/mol. The minimum atomic E-state index is -0.881. The Hall–Kier alpha value is -1.46. The van der Waals surface area contributed by atoms with E-state index in [0.29, 0.717) is 16.4 Å². The fourth-order valence-corrected chi connectivity index (χ4v) is 1.60. The highest BCUT2D eigenvalue weighted by atomic mass is 35.5. The highest BCUT2D eigenvalue weighted by molar-refractivity contribution is 6.31. The molecule has 2 aromatic rings. The Kier molecular flexibility index (Phi) is 2.66. The summed E-state index contributed by atoms with van der Waals surface area (Å²) in [6.45, 7) is 0. The van der Waals surface area contributed by atoms with Crippen LogP contribution in [-0.2, 0) is 7.05 Å². The van der Waals surface area contributed by atoms with Crippen LogP contribution in [-0.4, -0.2) is 24.9 Å². The molecule has 0 aliphatic rings. The van der Waals surface area contributed by atoms with Crippen LogP contribution in [0, 0.1) is 0 Å². The van der Waals surface area contributed by atoms with E-state index in [0.717, 1.165) is 0 Å². The zero-order valence-corrected chi connectivity index (χ0v) is 8.76. The van der Waals surface area contributed by atoms with E-state index in [4.69, 9.17) is 11.6 Å². The van der Waals surface area contributed by atoms with Crippen molar-refractivity contribution in [3.8, 4) is 0 Å². The third kappa shape index (κ3) is 1.84. The molecule has 2 aromatic heterocycles. The SMILES string of the molecule is Cn1ncc(Cl)c1C(O)c1ccncn1. The molecule has 78 valence electrons. The maximum Gasteiger partial charge on any atom is 0.139 e. The smallest absolute Gasteiger partial charge is 0.139 e. The van der Waals surface area contributed by atoms with E-state index in [1.165, 1.54) is 17.2 Å². The fourth-order valence-electron chi connectivity index (χ4n) is 1.33. The molecule has 1 N–H and O–H groups in total. The van der Waals surface area contributed by atoms with Crippen LogP contribution < -0.4 is 0 Å². The Balaban J connectivity index is 2.41. The van der Waals surface area contributed by atoms with Crippen molar-refractivity contribution in [1.82, 2.24) is 19.7 Å². The van der Waals surface area contributed by atoms with Crippen LogP contribution in [0.3, 0.4) is 0 Å². The van der Waals surface area contributed by atoms with E-state index in [-0.39, 0.29) is 0 Å². The minimum Gasteiger partial charge on any atom is -0.380 e. The molecule has 2 heterocycles. The first-order valence-electron chi connectivity index (χ1n) is 4.31. The quantitative estimate of drug-likeness (QED) is 0.825. The van der Waals surface area contributed by atoms with E-state index in [2.05, 4.69) is 15.1 Å². The molecule has 0 saturated carbocycles. The van der Waals surface area contributed by atoms with Gasteiger partial charge in [0, 0.05) is 13.2 Å². The van der Waals surface area contributed by atoms with Gasteiger partial charge >= 0.3 is 0 Å². The summed E-state index contributed by atoms with van der Waals surface area (Å²) in [7, 11) is 1.71. The first-order chi connectivity index (χ1) is 7.20. The van der Waals surface area contributed by atoms with E-state index >= 15 is 0 Å². The first kappa shape index (κ1) is 10.1. The van der Waals surface area contributed by atoms with Crippen molar-refractivity contribution in [2.75, 3.05) is 0 Å². The van der Waals surface area contributed by atoms with Gasteiger partial charge in [0.2, 0.25) is 0 Å². The molecule has 1 unspecified atom stereocenters. The van der Waals surface area contributed by atoms with E-state index in [1.807, 2.05) is 0 Å². The lowest BCUT2D eigenvalue weighted by molar-refractivity contribution is 0.205. The van der Waals surface area contributed by atoms with Crippen LogP contribution in [0.25, 0.3) is 0 Å². The molecule has 6 heteroatoms. The number of aryl methyl sites for hydroxylation is 1. The van der Waals surface area contributed by atoms with Gasteiger partial charge in [-0.2, -0.15) is 5.10 Å². The van der Waals surface area contributed by atoms with Crippen LogP contribution in [0.15, 0.2) is 24.8 Å². The summed E-state index contributed by atoms with van der Waals surface area (Å²) in [6, 6.07) is 1.63. The van der Waals surface area contributed by atoms with Gasteiger partial charge in [-0.15, -0.1) is 0 Å². The molecule has 1 atom stereocenters. The number of aromatic nitrogens is 4. The number of halogens is 1. The molecule has 0 aliphatic carbocycles. The molecule has 15 heavy (non-hydrogen) atoms. The van der Waals surface area contributed by atoms with Gasteiger partial charge < -0.3 is 5.11 Å². The largest absolute Gasteiger partial charge is 0.380 e. The maximum absolute atomic E-state index is 10.0. The number of aliphatic hydroxyl groups is 1. The average molecular weight is 225 g/mol. The predicted molar refractivity (Wildman–Crippen MR) is 54.3 cm³/mol. The Morgan fingerprint density at radius 1 is 1.53 bits per heavy atom. The van der Waals surface area contributed by atoms with Gasteiger partial charge in [0.25, 0.3) is 0 Å². The summed E-state index contributed by atoms with van der Waals surface area (Å²) in [5.74, 6) is 0. The van der Waals surface area contributed by atoms with Crippen molar-refractivity contribution < 1.29 is 5.11 Å². The highest BCUT2D eigenvalue weighted by Gasteiger charge is 2.19. The Morgan fingerprint density at radius 3 is 2.87 bits per heavy atom. The van der Waals surface area contributed by atoms with Crippen LogP contribution in [0.4, 0.5) is 0 Å². The summed E-state index contributed by atoms with van der Waals surface area (Å²) in [4.78, 5) is 7.73. The standard InChI is InChI=1S/C9H9ClN4O/c1-14-8(6(10)4-13-14)9(15)7-2-3-11-5-12-7/h2-5,9,15H,1H3. The zero-order valence-electron chi connectivity index (χ0n) is 8.00. The predicted octanol–water partition coefficient (Wildman–Crippen LogP) is 0.945. The Labute approximate surface area is 91.4 Å². The second-order valence-electron chi connectivity index (χ2n) is 3.04. The molecule has 0 aromatic carbocycles. The molecule has 0 aliphatic heterocycles. The van der Waals surface area contributed by atoms with Gasteiger partial charge in [-0.3, -0.25) is 4.68 Å². The minimum absolute atomic E-state index is 0.420. The summed E-state index contributed by atoms with van der Waals surface area (Å²) in [5, 5.41) is 14.4. The lowest BCUT2D eigenvalue weighted by Crippen LogP contribution is -2.08. The van der Waals surface area contributed by atoms with Gasteiger partial charge in [-0.1, -0.05) is 11.6 Å². The molecule has 0 amide bonds. The van der Waals surface area contributed by atoms with Crippen molar-refractivity contribution >= 4 is 11.6 Å². The summed E-state index contributed by atoms with van der Waals surface area (Å²) in [6.07, 6.45) is 3.55. The molecule has 0 bridgehead atoms. The highest BCUT2D eigenvalue weighted by Crippen LogP contribution is 2.25. The third-order valence-corrected chi connectivity index (χ3v) is 2.37. The maximum atomic E-state index is 10.0. The summed E-state index contributed by atoms with van der Waals surface area (Å²) in [5.41, 5.74) is 1.02. The molecule has 0 fully saturated rings. The number of aliphatic hydroxyl groups excluding tert-OH is 1. The van der Waals surface area contributed by atoms with Crippen molar-refractivity contribution in [1.29, 1.82) is 0 Å². The van der Waals surface area contributed by atoms with E-state index in [1.54, 1.807) is 19.3 Å². The fraction of sp³-hybridized carbons (Fsp3) is 0.222. The van der Waals surface area contributed by atoms with Crippen molar-refractivity contribution in [3.63, 3.8) is 0 Å². The first-order valence-corrected chi connectivity index (χ1v) is 4.69. The Bertz CT molecular complexity index is 437. The molecule has 0 radical (unpaired) electrons. The van der Waals surface area contributed by atoms with E-state index < -0.39 is 6.10 Å². The number of hydrogen-bond acceptors (Lipinski definition) is 4. The van der Waals surface area contributed by atoms with Crippen LogP contribution >= 0.6 is 11.6 Å². The van der Waals surface area contributed by atoms with Crippen LogP contribution in [0.2, 0.25) is 5.02 Å². The number of hydrogen-bond donors (Lipinski definition) is 1. The zero-order chi connectivity index (χ0) is 10.8. The van der Waals surface area contributed by atoms with Crippen molar-refractivity contribution in [2.24, 2.45) is 7.05 Å². The Morgan fingerprint density at radius 2 is 2.33 bits per heavy atom. The van der Waals surface area contributed by atoms with Gasteiger partial charge in [0.15, 0.2) is 0 Å². The third-order valence-electron chi connectivity index (χ3n) is 2.08. The monoisotopic (exact) mass is 224 g/mol. The second kappa shape index (κ2) is 3.96. The van der Waals surface area contributed by atoms with Gasteiger partial charge in [0.05, 0.1) is 22.6 Å². The van der Waals surface area contributed by atoms with Gasteiger partial charge in [-0.05, 0) is 6.07 Å². The molecule has 5 nitrogen and oxygen atoms in total. The van der Waals surface area contributed by atoms with Crippen molar-refractivity contribution in [2.45, 2.75) is 6.10 Å². The van der Waals surface area contributed by atoms with Crippen LogP contribution in [0.1, 0.15) is 17.5 Å². The van der Waals surface area contributed by atoms with Gasteiger partial charge in [0.1, 0.15) is 12.4 Å². The van der Waals surface area contributed by atoms with Crippen molar-refractivity contribution in [3.05, 3.63) is 41.2 Å². The topological polar surface area (TPSA) is 63.8 Å². The molecular formula is C9H9ClN4O. The second-order valence-corrected chi connectivity index (χ2v) is 3.45. The molecule has 2 rings (SSSR count). The van der Waals surface area contributed by atoms with Gasteiger partial charge in [-0.25, -0.2) is 9.97 Å². The van der Waals surface area contributed by atoms with E-state index in [9.17, 15) is 5.11 Å². The summed E-state index contributed by atoms with van der Waals surface area (Å²) >= 11 is 5.90. The summed E-state index contributed by atoms with van der Waals surface area (Å²) < 4.78 is 1.52. The molecule has 0 spiro atoms. The lowest BCUT2D eigenvalue weighted by Gasteiger charge is -2.10. The number of nitrogens with zero attached hydrogens (tertiary/aromatic N) is 4. The normalized spacial score (nSPS) is 12.7. The number of rotatable bonds is 2. The van der Waals surface area contributed by atoms with Crippen LogP contribution in [0.5, 0.6) is 0 Å². The molecule has 0 saturated heterocycles. The average Bonchev–Trinajstić information content (AvgIpc) is 2.59. The lowest BCUT2D eigenvalue weighted by atomic mass is 10.2.